The average molecular weight is 287 g/mol. The molecule has 1 atom stereocenters. The maximum atomic E-state index is 10.1. The molecular formula is C15H23ClO3. The molecule has 4 heteroatoms. The SMILES string of the molecule is CCCCCCC(O)c1c(O)c(C)c(C)c(Cl)c1O. The van der Waals surface area contributed by atoms with Crippen LogP contribution in [0.4, 0.5) is 0 Å². The highest BCUT2D eigenvalue weighted by molar-refractivity contribution is 6.33. The van der Waals surface area contributed by atoms with Crippen LogP contribution in [-0.2, 0) is 0 Å². The van der Waals surface area contributed by atoms with E-state index in [1.54, 1.807) is 13.8 Å². The number of unbranched alkanes of at least 4 members (excludes halogenated alkanes) is 3. The predicted octanol–water partition coefficient (Wildman–Crippen LogP) is 4.37. The second-order valence-electron chi connectivity index (χ2n) is 5.04. The summed E-state index contributed by atoms with van der Waals surface area (Å²) >= 11 is 6.02. The van der Waals surface area contributed by atoms with E-state index in [4.69, 9.17) is 11.6 Å². The van der Waals surface area contributed by atoms with Crippen LogP contribution in [0.2, 0.25) is 5.02 Å². The first-order chi connectivity index (χ1) is 8.91. The number of rotatable bonds is 6. The average Bonchev–Trinajstić information content (AvgIpc) is 2.39. The molecule has 1 rings (SSSR count). The molecule has 19 heavy (non-hydrogen) atoms. The molecule has 0 aliphatic heterocycles. The van der Waals surface area contributed by atoms with Crippen molar-refractivity contribution in [2.75, 3.05) is 0 Å². The molecule has 0 aliphatic rings. The van der Waals surface area contributed by atoms with Gasteiger partial charge in [-0.15, -0.1) is 0 Å². The monoisotopic (exact) mass is 286 g/mol. The van der Waals surface area contributed by atoms with Crippen molar-refractivity contribution in [3.8, 4) is 11.5 Å². The van der Waals surface area contributed by atoms with Gasteiger partial charge in [0.1, 0.15) is 11.5 Å². The van der Waals surface area contributed by atoms with Gasteiger partial charge in [0.2, 0.25) is 0 Å². The number of halogens is 1. The van der Waals surface area contributed by atoms with Crippen molar-refractivity contribution in [3.05, 3.63) is 21.7 Å². The minimum absolute atomic E-state index is 0.0533. The Morgan fingerprint density at radius 3 is 2.21 bits per heavy atom. The Morgan fingerprint density at radius 1 is 1.00 bits per heavy atom. The Labute approximate surface area is 119 Å². The van der Waals surface area contributed by atoms with E-state index in [1.165, 1.54) is 0 Å². The zero-order valence-electron chi connectivity index (χ0n) is 11.8. The van der Waals surface area contributed by atoms with Gasteiger partial charge < -0.3 is 15.3 Å². The van der Waals surface area contributed by atoms with Gasteiger partial charge in [0.25, 0.3) is 0 Å². The molecule has 1 aromatic carbocycles. The van der Waals surface area contributed by atoms with Crippen LogP contribution in [-0.4, -0.2) is 15.3 Å². The number of aliphatic hydroxyl groups excluding tert-OH is 1. The maximum Gasteiger partial charge on any atom is 0.143 e. The van der Waals surface area contributed by atoms with E-state index in [2.05, 4.69) is 6.92 Å². The van der Waals surface area contributed by atoms with Gasteiger partial charge in [0.05, 0.1) is 16.7 Å². The summed E-state index contributed by atoms with van der Waals surface area (Å²) in [6.07, 6.45) is 3.78. The number of hydrogen-bond donors (Lipinski definition) is 3. The Balaban J connectivity index is 2.94. The standard InChI is InChI=1S/C15H23ClO3/c1-4-5-6-7-8-11(17)12-14(18)10(3)9(2)13(16)15(12)19/h11,17-19H,4-8H2,1-3H3. The molecule has 3 N–H and O–H groups in total. The molecule has 0 saturated heterocycles. The lowest BCUT2D eigenvalue weighted by Gasteiger charge is -2.18. The summed E-state index contributed by atoms with van der Waals surface area (Å²) < 4.78 is 0. The quantitative estimate of drug-likeness (QED) is 0.681. The number of hydrogen-bond acceptors (Lipinski definition) is 3. The van der Waals surface area contributed by atoms with E-state index in [1.807, 2.05) is 0 Å². The number of phenolic OH excluding ortho intramolecular Hbond substituents is 2. The Morgan fingerprint density at radius 2 is 1.63 bits per heavy atom. The minimum atomic E-state index is -0.881. The van der Waals surface area contributed by atoms with E-state index in [0.29, 0.717) is 17.5 Å². The molecule has 0 spiro atoms. The van der Waals surface area contributed by atoms with Crippen LogP contribution < -0.4 is 0 Å². The number of phenols is 2. The molecule has 0 bridgehead atoms. The third-order valence-electron chi connectivity index (χ3n) is 3.63. The zero-order chi connectivity index (χ0) is 14.6. The topological polar surface area (TPSA) is 60.7 Å². The molecule has 108 valence electrons. The van der Waals surface area contributed by atoms with Crippen molar-refractivity contribution >= 4 is 11.6 Å². The van der Waals surface area contributed by atoms with Gasteiger partial charge in [-0.2, -0.15) is 0 Å². The van der Waals surface area contributed by atoms with Gasteiger partial charge in [-0.3, -0.25) is 0 Å². The first kappa shape index (κ1) is 16.1. The van der Waals surface area contributed by atoms with E-state index in [9.17, 15) is 15.3 Å². The van der Waals surface area contributed by atoms with Crippen molar-refractivity contribution in [2.24, 2.45) is 0 Å². The highest BCUT2D eigenvalue weighted by Gasteiger charge is 2.23. The number of aromatic hydroxyl groups is 2. The third-order valence-corrected chi connectivity index (χ3v) is 4.09. The van der Waals surface area contributed by atoms with E-state index >= 15 is 0 Å². The van der Waals surface area contributed by atoms with E-state index in [-0.39, 0.29) is 22.1 Å². The predicted molar refractivity (Wildman–Crippen MR) is 78.0 cm³/mol. The van der Waals surface area contributed by atoms with Crippen molar-refractivity contribution in [1.82, 2.24) is 0 Å². The molecule has 0 amide bonds. The van der Waals surface area contributed by atoms with Gasteiger partial charge in [-0.25, -0.2) is 0 Å². The zero-order valence-corrected chi connectivity index (χ0v) is 12.6. The second kappa shape index (κ2) is 7.01. The lowest BCUT2D eigenvalue weighted by atomic mass is 9.96. The smallest absolute Gasteiger partial charge is 0.143 e. The molecule has 0 fully saturated rings. The summed E-state index contributed by atoms with van der Waals surface area (Å²) in [6, 6.07) is 0. The maximum absolute atomic E-state index is 10.1. The first-order valence-electron chi connectivity index (χ1n) is 6.80. The molecule has 0 radical (unpaired) electrons. The Bertz CT molecular complexity index is 415. The van der Waals surface area contributed by atoms with Crippen LogP contribution >= 0.6 is 11.6 Å². The van der Waals surface area contributed by atoms with Crippen molar-refractivity contribution in [3.63, 3.8) is 0 Å². The van der Waals surface area contributed by atoms with E-state index < -0.39 is 6.10 Å². The first-order valence-corrected chi connectivity index (χ1v) is 7.18. The summed E-state index contributed by atoms with van der Waals surface area (Å²) in [5.74, 6) is -0.257. The van der Waals surface area contributed by atoms with Gasteiger partial charge in [-0.05, 0) is 31.4 Å². The summed E-state index contributed by atoms with van der Waals surface area (Å²) in [7, 11) is 0. The van der Waals surface area contributed by atoms with Crippen LogP contribution in [0.3, 0.4) is 0 Å². The molecular weight excluding hydrogens is 264 g/mol. The highest BCUT2D eigenvalue weighted by Crippen LogP contribution is 2.44. The van der Waals surface area contributed by atoms with E-state index in [0.717, 1.165) is 25.7 Å². The molecule has 1 aromatic rings. The normalized spacial score (nSPS) is 12.7. The fraction of sp³-hybridized carbons (Fsp3) is 0.600. The molecule has 0 aromatic heterocycles. The largest absolute Gasteiger partial charge is 0.507 e. The fourth-order valence-electron chi connectivity index (χ4n) is 2.18. The van der Waals surface area contributed by atoms with Crippen molar-refractivity contribution < 1.29 is 15.3 Å². The minimum Gasteiger partial charge on any atom is -0.507 e. The number of benzene rings is 1. The fourth-order valence-corrected chi connectivity index (χ4v) is 2.42. The lowest BCUT2D eigenvalue weighted by Crippen LogP contribution is -2.01. The molecule has 3 nitrogen and oxygen atoms in total. The summed E-state index contributed by atoms with van der Waals surface area (Å²) in [5, 5.41) is 30.4. The van der Waals surface area contributed by atoms with Crippen LogP contribution in [0.25, 0.3) is 0 Å². The Hall–Kier alpha value is -0.930. The molecule has 0 aliphatic carbocycles. The third kappa shape index (κ3) is 3.54. The van der Waals surface area contributed by atoms with Crippen LogP contribution in [0.5, 0.6) is 11.5 Å². The molecule has 1 unspecified atom stereocenters. The second-order valence-corrected chi connectivity index (χ2v) is 5.42. The number of aliphatic hydroxyl groups is 1. The van der Waals surface area contributed by atoms with Gasteiger partial charge in [0, 0.05) is 0 Å². The van der Waals surface area contributed by atoms with Crippen LogP contribution in [0, 0.1) is 13.8 Å². The molecule has 0 saturated carbocycles. The lowest BCUT2D eigenvalue weighted by molar-refractivity contribution is 0.156. The van der Waals surface area contributed by atoms with Crippen molar-refractivity contribution in [1.29, 1.82) is 0 Å². The van der Waals surface area contributed by atoms with Crippen molar-refractivity contribution in [2.45, 2.75) is 59.0 Å². The van der Waals surface area contributed by atoms with Crippen LogP contribution in [0.1, 0.15) is 61.8 Å². The highest BCUT2D eigenvalue weighted by atomic mass is 35.5. The Kier molecular flexibility index (Phi) is 5.95. The summed E-state index contributed by atoms with van der Waals surface area (Å²) in [4.78, 5) is 0. The summed E-state index contributed by atoms with van der Waals surface area (Å²) in [6.45, 7) is 5.58. The van der Waals surface area contributed by atoms with Gasteiger partial charge in [0.15, 0.2) is 0 Å². The van der Waals surface area contributed by atoms with Crippen LogP contribution in [0.15, 0.2) is 0 Å². The summed E-state index contributed by atoms with van der Waals surface area (Å²) in [5.41, 5.74) is 1.40. The van der Waals surface area contributed by atoms with Gasteiger partial charge in [-0.1, -0.05) is 44.2 Å². The molecule has 0 heterocycles. The van der Waals surface area contributed by atoms with Gasteiger partial charge >= 0.3 is 0 Å².